The van der Waals surface area contributed by atoms with Gasteiger partial charge in [-0.1, -0.05) is 18.2 Å². The molecular weight excluding hydrogens is 288 g/mol. The predicted molar refractivity (Wildman–Crippen MR) is 81.3 cm³/mol. The first-order valence-corrected chi connectivity index (χ1v) is 9.19. The highest BCUT2D eigenvalue weighted by Crippen LogP contribution is 2.27. The van der Waals surface area contributed by atoms with Crippen molar-refractivity contribution in [3.8, 4) is 0 Å². The van der Waals surface area contributed by atoms with Crippen molar-refractivity contribution in [3.63, 3.8) is 0 Å². The summed E-state index contributed by atoms with van der Waals surface area (Å²) < 4.78 is 23.1. The molecule has 0 saturated carbocycles. The largest absolute Gasteiger partial charge is 0.326 e. The average Bonchev–Trinajstić information content (AvgIpc) is 3.01. The molecule has 1 aromatic rings. The first-order chi connectivity index (χ1) is 9.96. The van der Waals surface area contributed by atoms with E-state index in [0.29, 0.717) is 13.0 Å². The van der Waals surface area contributed by atoms with Crippen molar-refractivity contribution in [2.45, 2.75) is 18.9 Å². The lowest BCUT2D eigenvalue weighted by Crippen LogP contribution is -3.14. The lowest BCUT2D eigenvalue weighted by atomic mass is 10.2. The summed E-state index contributed by atoms with van der Waals surface area (Å²) in [5, 5.41) is 0. The number of hydrogen-bond donors (Lipinski definition) is 1. The predicted octanol–water partition coefficient (Wildman–Crippen LogP) is -0.722. The standard InChI is InChI=1S/C15H20N2O3S/c1-16(13-7-9-21(19,20)11-13)10-15(18)17-8-6-12-4-2-3-5-14(12)17/h2-5,13H,6-11H2,1H3/p+1/t13-/m1/s1. The normalized spacial score (nSPS) is 24.8. The minimum absolute atomic E-state index is 0.0526. The van der Waals surface area contributed by atoms with Crippen molar-refractivity contribution in [3.05, 3.63) is 29.8 Å². The second kappa shape index (κ2) is 5.42. The Balaban J connectivity index is 1.65. The Morgan fingerprint density at radius 1 is 1.38 bits per heavy atom. The molecule has 114 valence electrons. The van der Waals surface area contributed by atoms with Crippen molar-refractivity contribution < 1.29 is 18.1 Å². The topological polar surface area (TPSA) is 58.9 Å². The monoisotopic (exact) mass is 309 g/mol. The first-order valence-electron chi connectivity index (χ1n) is 7.37. The van der Waals surface area contributed by atoms with E-state index in [9.17, 15) is 13.2 Å². The summed E-state index contributed by atoms with van der Waals surface area (Å²) in [6.07, 6.45) is 1.57. The van der Waals surface area contributed by atoms with Crippen molar-refractivity contribution in [1.82, 2.24) is 0 Å². The van der Waals surface area contributed by atoms with E-state index in [1.807, 2.05) is 30.1 Å². The summed E-state index contributed by atoms with van der Waals surface area (Å²) in [4.78, 5) is 15.3. The van der Waals surface area contributed by atoms with E-state index in [2.05, 4.69) is 6.07 Å². The van der Waals surface area contributed by atoms with Gasteiger partial charge in [-0.3, -0.25) is 4.79 Å². The average molecular weight is 309 g/mol. The van der Waals surface area contributed by atoms with Crippen molar-refractivity contribution in [1.29, 1.82) is 0 Å². The minimum Gasteiger partial charge on any atom is -0.326 e. The van der Waals surface area contributed by atoms with Crippen LogP contribution in [0.1, 0.15) is 12.0 Å². The van der Waals surface area contributed by atoms with Gasteiger partial charge in [0.2, 0.25) is 0 Å². The SMILES string of the molecule is C[NH+](CC(=O)N1CCc2ccccc21)[C@@H]1CCS(=O)(=O)C1. The van der Waals surface area contributed by atoms with Gasteiger partial charge in [0, 0.05) is 18.7 Å². The third kappa shape index (κ3) is 2.96. The first kappa shape index (κ1) is 14.5. The van der Waals surface area contributed by atoms with E-state index in [1.54, 1.807) is 0 Å². The zero-order chi connectivity index (χ0) is 15.0. The summed E-state index contributed by atoms with van der Waals surface area (Å²) in [5.74, 6) is 0.556. The Morgan fingerprint density at radius 2 is 2.14 bits per heavy atom. The van der Waals surface area contributed by atoms with Gasteiger partial charge in [-0.05, 0) is 18.1 Å². The molecule has 2 aliphatic rings. The van der Waals surface area contributed by atoms with Gasteiger partial charge in [0.05, 0.1) is 12.8 Å². The number of benzene rings is 1. The third-order valence-electron chi connectivity index (χ3n) is 4.55. The minimum atomic E-state index is -2.89. The zero-order valence-corrected chi connectivity index (χ0v) is 13.0. The van der Waals surface area contributed by atoms with Crippen LogP contribution in [-0.4, -0.2) is 52.0 Å². The second-order valence-corrected chi connectivity index (χ2v) is 8.28. The lowest BCUT2D eigenvalue weighted by molar-refractivity contribution is -0.894. The van der Waals surface area contributed by atoms with E-state index in [4.69, 9.17) is 0 Å². The number of para-hydroxylation sites is 1. The summed E-state index contributed by atoms with van der Waals surface area (Å²) >= 11 is 0. The summed E-state index contributed by atoms with van der Waals surface area (Å²) in [6.45, 7) is 1.09. The number of carbonyl (C=O) groups is 1. The summed E-state index contributed by atoms with van der Waals surface area (Å²) in [5.41, 5.74) is 2.22. The van der Waals surface area contributed by atoms with Crippen LogP contribution in [0.2, 0.25) is 0 Å². The third-order valence-corrected chi connectivity index (χ3v) is 6.32. The summed E-state index contributed by atoms with van der Waals surface area (Å²) in [6, 6.07) is 8.04. The van der Waals surface area contributed by atoms with Crippen LogP contribution in [0.5, 0.6) is 0 Å². The Hall–Kier alpha value is -1.40. The van der Waals surface area contributed by atoms with Gasteiger partial charge in [0.15, 0.2) is 16.4 Å². The molecule has 0 spiro atoms. The molecule has 1 fully saturated rings. The number of amides is 1. The van der Waals surface area contributed by atoms with Crippen molar-refractivity contribution >= 4 is 21.4 Å². The molecule has 1 saturated heterocycles. The molecule has 3 rings (SSSR count). The number of fused-ring (bicyclic) bond motifs is 1. The fraction of sp³-hybridized carbons (Fsp3) is 0.533. The molecule has 21 heavy (non-hydrogen) atoms. The summed E-state index contributed by atoms with van der Waals surface area (Å²) in [7, 11) is -0.968. The number of nitrogens with one attached hydrogen (secondary N) is 1. The van der Waals surface area contributed by atoms with E-state index in [-0.39, 0.29) is 23.5 Å². The molecule has 2 aliphatic heterocycles. The van der Waals surface area contributed by atoms with Crippen molar-refractivity contribution in [2.24, 2.45) is 0 Å². The highest BCUT2D eigenvalue weighted by molar-refractivity contribution is 7.91. The molecule has 5 nitrogen and oxygen atoms in total. The molecule has 0 radical (unpaired) electrons. The number of hydrogen-bond acceptors (Lipinski definition) is 3. The Labute approximate surface area is 125 Å². The molecule has 0 aromatic heterocycles. The Kier molecular flexibility index (Phi) is 3.75. The number of quaternary nitrogens is 1. The number of carbonyl (C=O) groups excluding carboxylic acids is 1. The van der Waals surface area contributed by atoms with Crippen LogP contribution in [0, 0.1) is 0 Å². The van der Waals surface area contributed by atoms with Gasteiger partial charge >= 0.3 is 0 Å². The molecule has 1 aromatic carbocycles. The maximum absolute atomic E-state index is 12.5. The maximum Gasteiger partial charge on any atom is 0.282 e. The quantitative estimate of drug-likeness (QED) is 0.801. The van der Waals surface area contributed by atoms with Gasteiger partial charge in [0.25, 0.3) is 5.91 Å². The molecular formula is C15H21N2O3S+. The number of likely N-dealkylation sites (N-methyl/N-ethyl adjacent to an activating group) is 1. The second-order valence-electron chi connectivity index (χ2n) is 6.05. The molecule has 0 bridgehead atoms. The van der Waals surface area contributed by atoms with Gasteiger partial charge in [-0.25, -0.2) is 8.42 Å². The molecule has 6 heteroatoms. The Morgan fingerprint density at radius 3 is 2.86 bits per heavy atom. The van der Waals surface area contributed by atoms with Crippen LogP contribution in [-0.2, 0) is 21.1 Å². The number of nitrogens with zero attached hydrogens (tertiary/aromatic N) is 1. The smallest absolute Gasteiger partial charge is 0.282 e. The van der Waals surface area contributed by atoms with E-state index < -0.39 is 9.84 Å². The number of rotatable bonds is 3. The van der Waals surface area contributed by atoms with Crippen LogP contribution in [0.25, 0.3) is 0 Å². The molecule has 2 atom stereocenters. The highest BCUT2D eigenvalue weighted by Gasteiger charge is 2.35. The van der Waals surface area contributed by atoms with Gasteiger partial charge in [-0.2, -0.15) is 0 Å². The van der Waals surface area contributed by atoms with Crippen LogP contribution in [0.3, 0.4) is 0 Å². The molecule has 1 amide bonds. The molecule has 2 heterocycles. The zero-order valence-electron chi connectivity index (χ0n) is 12.2. The lowest BCUT2D eigenvalue weighted by Gasteiger charge is -2.23. The molecule has 1 N–H and O–H groups in total. The van der Waals surface area contributed by atoms with Crippen LogP contribution in [0.4, 0.5) is 5.69 Å². The fourth-order valence-corrected chi connectivity index (χ4v) is 5.13. The molecule has 0 aliphatic carbocycles. The maximum atomic E-state index is 12.5. The Bertz CT molecular complexity index is 657. The number of sulfone groups is 1. The van der Waals surface area contributed by atoms with Crippen molar-refractivity contribution in [2.75, 3.05) is 36.5 Å². The van der Waals surface area contributed by atoms with Crippen LogP contribution >= 0.6 is 0 Å². The van der Waals surface area contributed by atoms with Crippen LogP contribution in [0.15, 0.2) is 24.3 Å². The van der Waals surface area contributed by atoms with E-state index >= 15 is 0 Å². The fourth-order valence-electron chi connectivity index (χ4n) is 3.26. The van der Waals surface area contributed by atoms with E-state index in [1.165, 1.54) is 5.56 Å². The number of anilines is 1. The van der Waals surface area contributed by atoms with Crippen LogP contribution < -0.4 is 9.80 Å². The van der Waals surface area contributed by atoms with Gasteiger partial charge in [0.1, 0.15) is 11.8 Å². The highest BCUT2D eigenvalue weighted by atomic mass is 32.2. The van der Waals surface area contributed by atoms with E-state index in [0.717, 1.165) is 23.6 Å². The van der Waals surface area contributed by atoms with Gasteiger partial charge in [-0.15, -0.1) is 0 Å². The molecule has 1 unspecified atom stereocenters. The van der Waals surface area contributed by atoms with Gasteiger partial charge < -0.3 is 9.80 Å².